The van der Waals surface area contributed by atoms with Gasteiger partial charge in [0.05, 0.1) is 0 Å². The Morgan fingerprint density at radius 1 is 0.323 bits per heavy atom. The van der Waals surface area contributed by atoms with Crippen molar-refractivity contribution in [1.82, 2.24) is 0 Å². The zero-order chi connectivity index (χ0) is 44.9. The predicted octanol–water partition coefficient (Wildman–Crippen LogP) is 21.5. The van der Waals surface area contributed by atoms with Gasteiger partial charge >= 0.3 is 0 Å². The maximum absolute atomic E-state index is 15.2. The molecule has 0 N–H and O–H groups in total. The molecule has 0 radical (unpaired) electrons. The molecule has 0 aromatic heterocycles. The van der Waals surface area contributed by atoms with E-state index in [-0.39, 0.29) is 5.41 Å². The highest BCUT2D eigenvalue weighted by molar-refractivity contribution is 5.84. The number of carbonyl (C=O) groups is 1. The van der Waals surface area contributed by atoms with Crippen LogP contribution < -0.4 is 0 Å². The molecule has 6 saturated carbocycles. The Morgan fingerprint density at radius 2 is 0.631 bits per heavy atom. The van der Waals surface area contributed by atoms with Crippen molar-refractivity contribution in [3.05, 3.63) is 33.9 Å². The fraction of sp³-hybridized carbons (Fsp3) is 0.891. The first kappa shape index (κ1) is 53.2. The van der Waals surface area contributed by atoms with E-state index >= 15 is 4.79 Å². The monoisotopic (exact) mass is 895 g/mol. The minimum atomic E-state index is 0.150. The molecule has 372 valence electrons. The van der Waals surface area contributed by atoms with Crippen LogP contribution in [0.3, 0.4) is 0 Å². The highest BCUT2D eigenvalue weighted by atomic mass is 16.1. The topological polar surface area (TPSA) is 17.1 Å². The van der Waals surface area contributed by atoms with Gasteiger partial charge < -0.3 is 0 Å². The van der Waals surface area contributed by atoms with E-state index in [1.165, 1.54) is 345 Å². The third kappa shape index (κ3) is 17.7. The van der Waals surface area contributed by atoms with Crippen LogP contribution in [0.25, 0.3) is 0 Å². The summed E-state index contributed by atoms with van der Waals surface area (Å²) in [5, 5.41) is 0. The fourth-order valence-corrected chi connectivity index (χ4v) is 15.8. The summed E-state index contributed by atoms with van der Waals surface area (Å²) in [4.78, 5) is 15.2. The molecule has 6 rings (SSSR count). The van der Waals surface area contributed by atoms with Gasteiger partial charge in [-0.1, -0.05) is 260 Å². The molecule has 6 fully saturated rings. The molecule has 0 heterocycles. The van der Waals surface area contributed by atoms with E-state index in [9.17, 15) is 0 Å². The van der Waals surface area contributed by atoms with Gasteiger partial charge in [0.2, 0.25) is 0 Å². The molecule has 65 heavy (non-hydrogen) atoms. The molecule has 1 unspecified atom stereocenters. The first-order valence-corrected chi connectivity index (χ1v) is 30.9. The number of rotatable bonds is 6. The summed E-state index contributed by atoms with van der Waals surface area (Å²) in [6.07, 6.45) is 77.4. The zero-order valence-electron chi connectivity index (χ0n) is 43.6. The Balaban J connectivity index is 1.68. The minimum Gasteiger partial charge on any atom is -0.298 e. The number of hydrogen-bond acceptors (Lipinski definition) is 1. The van der Waals surface area contributed by atoms with E-state index in [2.05, 4.69) is 6.08 Å². The maximum Gasteiger partial charge on any atom is 0.150 e. The lowest BCUT2D eigenvalue weighted by molar-refractivity contribution is -0.105. The van der Waals surface area contributed by atoms with Gasteiger partial charge in [0, 0.05) is 11.0 Å². The lowest BCUT2D eigenvalue weighted by atomic mass is 9.47. The molecule has 6 aliphatic carbocycles. The molecule has 0 aromatic carbocycles. The van der Waals surface area contributed by atoms with Gasteiger partial charge in [-0.2, -0.15) is 0 Å². The summed E-state index contributed by atoms with van der Waals surface area (Å²) in [6, 6.07) is 0. The van der Waals surface area contributed by atoms with Crippen LogP contribution in [-0.4, -0.2) is 6.29 Å². The molecule has 1 heteroatoms. The van der Waals surface area contributed by atoms with Crippen molar-refractivity contribution < 1.29 is 4.79 Å². The molecular formula is C64H110O. The third-order valence-electron chi connectivity index (χ3n) is 19.3. The largest absolute Gasteiger partial charge is 0.298 e. The Morgan fingerprint density at radius 3 is 1.02 bits per heavy atom. The van der Waals surface area contributed by atoms with Crippen LogP contribution in [0, 0.1) is 29.1 Å². The molecule has 1 atom stereocenters. The zero-order valence-corrected chi connectivity index (χ0v) is 43.6. The second kappa shape index (κ2) is 32.7. The second-order valence-electron chi connectivity index (χ2n) is 23.9. The molecule has 0 amide bonds. The number of aldehydes is 1. The van der Waals surface area contributed by atoms with Crippen molar-refractivity contribution >= 4 is 6.29 Å². The van der Waals surface area contributed by atoms with Crippen molar-refractivity contribution in [1.29, 1.82) is 0 Å². The quantitative estimate of drug-likeness (QED) is 0.192. The van der Waals surface area contributed by atoms with Crippen molar-refractivity contribution in [3.8, 4) is 0 Å². The summed E-state index contributed by atoms with van der Waals surface area (Å²) < 4.78 is 0. The van der Waals surface area contributed by atoms with Gasteiger partial charge in [0.25, 0.3) is 0 Å². The highest BCUT2D eigenvalue weighted by Gasteiger charge is 2.54. The summed E-state index contributed by atoms with van der Waals surface area (Å²) in [7, 11) is 0. The molecule has 0 spiro atoms. The fourth-order valence-electron chi connectivity index (χ4n) is 15.8. The van der Waals surface area contributed by atoms with Gasteiger partial charge in [-0.05, 0) is 126 Å². The van der Waals surface area contributed by atoms with Gasteiger partial charge in [-0.15, -0.1) is 0 Å². The standard InChI is InChI=1S/C64H110O/c65-54-61(60(56-43-31-19-8-2-9-20-32-44-56)53-55-41-29-17-6-1-7-18-30-42-55)63-52-40-28-16-27-39-51-62(57-45-33-21-10-3-11-22-34-46-57)64(63,58-47-35-23-12-4-13-24-36-48-58)59-49-37-25-14-5-15-26-38-50-59/h53-54,57-59,62H,1-52H2. The summed E-state index contributed by atoms with van der Waals surface area (Å²) >= 11 is 0. The summed E-state index contributed by atoms with van der Waals surface area (Å²) in [5.74, 6) is 3.02. The van der Waals surface area contributed by atoms with Crippen molar-refractivity contribution in [2.24, 2.45) is 29.1 Å². The molecule has 0 aromatic rings. The van der Waals surface area contributed by atoms with Crippen molar-refractivity contribution in [2.75, 3.05) is 0 Å². The highest BCUT2D eigenvalue weighted by Crippen LogP contribution is 2.63. The van der Waals surface area contributed by atoms with E-state index in [0.29, 0.717) is 0 Å². The Kier molecular flexibility index (Phi) is 26.7. The number of carbonyl (C=O) groups excluding carboxylic acids is 1. The molecule has 1 nitrogen and oxygen atoms in total. The van der Waals surface area contributed by atoms with Gasteiger partial charge in [-0.3, -0.25) is 4.79 Å². The first-order valence-electron chi connectivity index (χ1n) is 30.9. The lowest BCUT2D eigenvalue weighted by Crippen LogP contribution is -2.50. The Bertz CT molecular complexity index is 1280. The van der Waals surface area contributed by atoms with Crippen LogP contribution in [0.2, 0.25) is 0 Å². The smallest absolute Gasteiger partial charge is 0.150 e. The van der Waals surface area contributed by atoms with Crippen LogP contribution >= 0.6 is 0 Å². The van der Waals surface area contributed by atoms with Crippen LogP contribution in [0.4, 0.5) is 0 Å². The lowest BCUT2D eigenvalue weighted by Gasteiger charge is -2.57. The second-order valence-corrected chi connectivity index (χ2v) is 23.9. The predicted molar refractivity (Wildman–Crippen MR) is 285 cm³/mol. The average molecular weight is 896 g/mol. The van der Waals surface area contributed by atoms with E-state index < -0.39 is 0 Å². The summed E-state index contributed by atoms with van der Waals surface area (Å²) in [5.41, 5.74) is 8.27. The van der Waals surface area contributed by atoms with Crippen LogP contribution in [0.15, 0.2) is 33.9 Å². The maximum atomic E-state index is 15.2. The van der Waals surface area contributed by atoms with Crippen LogP contribution in [-0.2, 0) is 4.79 Å². The third-order valence-corrected chi connectivity index (χ3v) is 19.3. The van der Waals surface area contributed by atoms with Gasteiger partial charge in [-0.25, -0.2) is 0 Å². The van der Waals surface area contributed by atoms with E-state index in [1.807, 2.05) is 5.57 Å². The van der Waals surface area contributed by atoms with Crippen molar-refractivity contribution in [3.63, 3.8) is 0 Å². The Labute approximate surface area is 406 Å². The van der Waals surface area contributed by atoms with Crippen molar-refractivity contribution in [2.45, 2.75) is 334 Å². The SMILES string of the molecule is O=CC(C(C=C1CCCCCCCCC1)=C1CCCCCCCCC1)=C1CCCCCCCC(C2CCCCCCCCC2)C1(C1CCCCCCCCC1)C1CCCCCCCCC1. The molecule has 0 bridgehead atoms. The Hall–Kier alpha value is -1.11. The molecular weight excluding hydrogens is 785 g/mol. The van der Waals surface area contributed by atoms with Gasteiger partial charge in [0.15, 0.2) is 6.29 Å². The minimum absolute atomic E-state index is 0.150. The van der Waals surface area contributed by atoms with E-state index in [0.717, 1.165) is 23.7 Å². The average Bonchev–Trinajstić information content (AvgIpc) is 3.34. The van der Waals surface area contributed by atoms with Crippen LogP contribution in [0.5, 0.6) is 0 Å². The number of allylic oxidation sites excluding steroid dienone is 6. The van der Waals surface area contributed by atoms with Gasteiger partial charge in [0.1, 0.15) is 0 Å². The van der Waals surface area contributed by atoms with Crippen LogP contribution in [0.1, 0.15) is 334 Å². The van der Waals surface area contributed by atoms with E-state index in [1.54, 1.807) is 17.4 Å². The molecule has 0 aliphatic heterocycles. The molecule has 6 aliphatic rings. The van der Waals surface area contributed by atoms with E-state index in [4.69, 9.17) is 0 Å². The first-order chi connectivity index (χ1) is 32.3. The normalized spacial score (nSPS) is 28.2. The number of hydrogen-bond donors (Lipinski definition) is 0. The summed E-state index contributed by atoms with van der Waals surface area (Å²) in [6.45, 7) is 0. The molecule has 0 saturated heterocycles.